The monoisotopic (exact) mass is 310 g/mol. The van der Waals surface area contributed by atoms with Crippen LogP contribution in [-0.2, 0) is 0 Å². The Morgan fingerprint density at radius 3 is 2.29 bits per heavy atom. The van der Waals surface area contributed by atoms with Gasteiger partial charge in [-0.1, -0.05) is 72.6 Å². The molecule has 0 spiro atoms. The van der Waals surface area contributed by atoms with Crippen molar-refractivity contribution in [1.29, 1.82) is 0 Å². The predicted molar refractivity (Wildman–Crippen MR) is 95.2 cm³/mol. The maximum atomic E-state index is 4.82. The Morgan fingerprint density at radius 2 is 1.71 bits per heavy atom. The Bertz CT molecular complexity index is 360. The molecular formula is C18H34N2S. The van der Waals surface area contributed by atoms with Crippen LogP contribution in [0.25, 0.3) is 0 Å². The fourth-order valence-electron chi connectivity index (χ4n) is 2.59. The van der Waals surface area contributed by atoms with Crippen molar-refractivity contribution >= 4 is 11.3 Å². The summed E-state index contributed by atoms with van der Waals surface area (Å²) in [5.74, 6) is 0.538. The van der Waals surface area contributed by atoms with E-state index in [1.165, 1.54) is 62.1 Å². The molecule has 1 heterocycles. The number of nitrogens with zero attached hydrogens (tertiary/aromatic N) is 1. The Morgan fingerprint density at radius 1 is 1.05 bits per heavy atom. The first-order valence-electron chi connectivity index (χ1n) is 8.87. The highest BCUT2D eigenvalue weighted by Gasteiger charge is 2.15. The molecule has 0 aliphatic rings. The second kappa shape index (κ2) is 11.2. The van der Waals surface area contributed by atoms with Gasteiger partial charge in [0.2, 0.25) is 0 Å². The molecular weight excluding hydrogens is 276 g/mol. The summed E-state index contributed by atoms with van der Waals surface area (Å²) in [4.78, 5) is 4.82. The molecule has 0 aliphatic carbocycles. The molecule has 0 aromatic carbocycles. The minimum absolute atomic E-state index is 0.461. The summed E-state index contributed by atoms with van der Waals surface area (Å²) in [6, 6.07) is 0.461. The van der Waals surface area contributed by atoms with Gasteiger partial charge in [0, 0.05) is 5.38 Å². The summed E-state index contributed by atoms with van der Waals surface area (Å²) in [6.07, 6.45) is 10.9. The lowest BCUT2D eigenvalue weighted by molar-refractivity contribution is 0.473. The average Bonchev–Trinajstić information content (AvgIpc) is 2.95. The van der Waals surface area contributed by atoms with E-state index in [4.69, 9.17) is 4.98 Å². The van der Waals surface area contributed by atoms with Gasteiger partial charge in [-0.15, -0.1) is 11.3 Å². The molecule has 1 N–H and O–H groups in total. The maximum absolute atomic E-state index is 4.82. The second-order valence-corrected chi connectivity index (χ2v) is 7.18. The van der Waals surface area contributed by atoms with Gasteiger partial charge in [0.15, 0.2) is 0 Å². The third kappa shape index (κ3) is 7.42. The zero-order chi connectivity index (χ0) is 15.5. The van der Waals surface area contributed by atoms with E-state index in [0.29, 0.717) is 12.0 Å². The molecule has 1 rings (SSSR count). The van der Waals surface area contributed by atoms with Crippen LogP contribution < -0.4 is 5.32 Å². The number of aromatic nitrogens is 1. The lowest BCUT2D eigenvalue weighted by Gasteiger charge is -2.15. The van der Waals surface area contributed by atoms with Crippen molar-refractivity contribution < 1.29 is 0 Å². The second-order valence-electron chi connectivity index (χ2n) is 6.29. The maximum Gasteiger partial charge on any atom is 0.110 e. The molecule has 1 aromatic heterocycles. The summed E-state index contributed by atoms with van der Waals surface area (Å²) < 4.78 is 0. The normalized spacial score (nSPS) is 13.0. The van der Waals surface area contributed by atoms with Crippen molar-refractivity contribution in [1.82, 2.24) is 10.3 Å². The number of hydrogen-bond acceptors (Lipinski definition) is 3. The third-order valence-corrected chi connectivity index (χ3v) is 4.95. The molecule has 0 fully saturated rings. The van der Waals surface area contributed by atoms with E-state index < -0.39 is 0 Å². The Hall–Kier alpha value is -0.410. The Kier molecular flexibility index (Phi) is 9.94. The smallest absolute Gasteiger partial charge is 0.110 e. The number of rotatable bonds is 12. The van der Waals surface area contributed by atoms with Gasteiger partial charge in [-0.3, -0.25) is 0 Å². The average molecular weight is 311 g/mol. The highest BCUT2D eigenvalue weighted by molar-refractivity contribution is 7.09. The fourth-order valence-corrected chi connectivity index (χ4v) is 3.68. The number of hydrogen-bond donors (Lipinski definition) is 1. The summed E-state index contributed by atoms with van der Waals surface area (Å²) >= 11 is 1.83. The molecule has 3 heteroatoms. The molecule has 1 unspecified atom stereocenters. The quantitative estimate of drug-likeness (QED) is 0.475. The van der Waals surface area contributed by atoms with Gasteiger partial charge >= 0.3 is 0 Å². The van der Waals surface area contributed by atoms with Crippen LogP contribution in [0, 0.1) is 0 Å². The molecule has 0 radical (unpaired) electrons. The minimum atomic E-state index is 0.461. The number of thiazole rings is 1. The topological polar surface area (TPSA) is 24.9 Å². The summed E-state index contributed by atoms with van der Waals surface area (Å²) in [6.45, 7) is 9.93. The lowest BCUT2D eigenvalue weighted by Crippen LogP contribution is -2.20. The van der Waals surface area contributed by atoms with Crippen LogP contribution in [0.4, 0.5) is 0 Å². The van der Waals surface area contributed by atoms with Crippen LogP contribution in [0.15, 0.2) is 5.38 Å². The molecule has 0 saturated heterocycles. The lowest BCUT2D eigenvalue weighted by atomic mass is 10.1. The molecule has 122 valence electrons. The van der Waals surface area contributed by atoms with Crippen LogP contribution in [0.2, 0.25) is 0 Å². The predicted octanol–water partition coefficient (Wildman–Crippen LogP) is 6.06. The fraction of sp³-hybridized carbons (Fsp3) is 0.833. The van der Waals surface area contributed by atoms with Crippen LogP contribution in [0.5, 0.6) is 0 Å². The molecule has 1 aromatic rings. The molecule has 0 amide bonds. The van der Waals surface area contributed by atoms with Gasteiger partial charge in [0.05, 0.1) is 11.7 Å². The standard InChI is InChI=1S/C18H34N2S/c1-5-7-8-9-10-11-12-13-16(19-6-2)18-20-17(14-21-18)15(3)4/h14-16,19H,5-13H2,1-4H3. The summed E-state index contributed by atoms with van der Waals surface area (Å²) in [7, 11) is 0. The van der Waals surface area contributed by atoms with E-state index in [2.05, 4.69) is 38.4 Å². The van der Waals surface area contributed by atoms with Crippen molar-refractivity contribution in [3.63, 3.8) is 0 Å². The molecule has 1 atom stereocenters. The largest absolute Gasteiger partial charge is 0.308 e. The highest BCUT2D eigenvalue weighted by Crippen LogP contribution is 2.26. The Labute approximate surface area is 135 Å². The van der Waals surface area contributed by atoms with E-state index in [-0.39, 0.29) is 0 Å². The number of nitrogens with one attached hydrogen (secondary N) is 1. The first kappa shape index (κ1) is 18.6. The SMILES string of the molecule is CCCCCCCCCC(NCC)c1nc(C(C)C)cs1. The summed E-state index contributed by atoms with van der Waals surface area (Å²) in [5, 5.41) is 7.13. The van der Waals surface area contributed by atoms with Crippen molar-refractivity contribution in [2.24, 2.45) is 0 Å². The van der Waals surface area contributed by atoms with E-state index in [1.54, 1.807) is 0 Å². The molecule has 0 aliphatic heterocycles. The highest BCUT2D eigenvalue weighted by atomic mass is 32.1. The first-order chi connectivity index (χ1) is 10.2. The van der Waals surface area contributed by atoms with E-state index in [9.17, 15) is 0 Å². The zero-order valence-corrected chi connectivity index (χ0v) is 15.3. The Balaban J connectivity index is 2.32. The van der Waals surface area contributed by atoms with Crippen molar-refractivity contribution in [3.8, 4) is 0 Å². The van der Waals surface area contributed by atoms with Gasteiger partial charge in [-0.05, 0) is 18.9 Å². The van der Waals surface area contributed by atoms with Gasteiger partial charge in [-0.25, -0.2) is 4.98 Å². The van der Waals surface area contributed by atoms with Gasteiger partial charge < -0.3 is 5.32 Å². The molecule has 21 heavy (non-hydrogen) atoms. The first-order valence-corrected chi connectivity index (χ1v) is 9.75. The van der Waals surface area contributed by atoms with Crippen LogP contribution in [-0.4, -0.2) is 11.5 Å². The minimum Gasteiger partial charge on any atom is -0.308 e. The molecule has 0 saturated carbocycles. The van der Waals surface area contributed by atoms with E-state index in [1.807, 2.05) is 11.3 Å². The zero-order valence-electron chi connectivity index (χ0n) is 14.5. The van der Waals surface area contributed by atoms with E-state index >= 15 is 0 Å². The number of unbranched alkanes of at least 4 members (excludes halogenated alkanes) is 6. The van der Waals surface area contributed by atoms with Crippen LogP contribution in [0.3, 0.4) is 0 Å². The van der Waals surface area contributed by atoms with Crippen molar-refractivity contribution in [2.75, 3.05) is 6.54 Å². The van der Waals surface area contributed by atoms with Crippen molar-refractivity contribution in [3.05, 3.63) is 16.1 Å². The van der Waals surface area contributed by atoms with Crippen molar-refractivity contribution in [2.45, 2.75) is 91.0 Å². The molecule has 2 nitrogen and oxygen atoms in total. The van der Waals surface area contributed by atoms with Crippen LogP contribution in [0.1, 0.15) is 102 Å². The van der Waals surface area contributed by atoms with Gasteiger partial charge in [-0.2, -0.15) is 0 Å². The van der Waals surface area contributed by atoms with Crippen LogP contribution >= 0.6 is 11.3 Å². The molecule has 0 bridgehead atoms. The van der Waals surface area contributed by atoms with E-state index in [0.717, 1.165) is 6.54 Å². The van der Waals surface area contributed by atoms with Gasteiger partial charge in [0.25, 0.3) is 0 Å². The summed E-state index contributed by atoms with van der Waals surface area (Å²) in [5.41, 5.74) is 1.25. The third-order valence-electron chi connectivity index (χ3n) is 3.98. The van der Waals surface area contributed by atoms with Gasteiger partial charge in [0.1, 0.15) is 5.01 Å².